The van der Waals surface area contributed by atoms with E-state index in [1.54, 1.807) is 35.9 Å². The summed E-state index contributed by atoms with van der Waals surface area (Å²) in [6.07, 6.45) is -7.33. The molecule has 18 heteroatoms. The van der Waals surface area contributed by atoms with E-state index in [1.165, 1.54) is 24.3 Å². The summed E-state index contributed by atoms with van der Waals surface area (Å²) < 4.78 is 74.8. The summed E-state index contributed by atoms with van der Waals surface area (Å²) in [5, 5.41) is 32.9. The second-order valence-electron chi connectivity index (χ2n) is 14.6. The Morgan fingerprint density at radius 2 is 1.44 bits per heavy atom. The number of benzene rings is 4. The number of hydrogen-bond donors (Lipinski definition) is 4. The van der Waals surface area contributed by atoms with Crippen LogP contribution in [0.15, 0.2) is 95.8 Å². The van der Waals surface area contributed by atoms with Crippen molar-refractivity contribution >= 4 is 28.7 Å². The molecule has 1 amide bonds. The lowest BCUT2D eigenvalue weighted by Crippen LogP contribution is -2.48. The number of aliphatic hydroxyl groups excluding tert-OH is 2. The quantitative estimate of drug-likeness (QED) is 0.102. The van der Waals surface area contributed by atoms with Crippen LogP contribution in [0.3, 0.4) is 0 Å². The summed E-state index contributed by atoms with van der Waals surface area (Å²) in [7, 11) is 1.66. The molecule has 1 saturated heterocycles. The van der Waals surface area contributed by atoms with Crippen molar-refractivity contribution in [3.05, 3.63) is 135 Å². The van der Waals surface area contributed by atoms with E-state index in [0.717, 1.165) is 61.8 Å². The number of hydrogen-bond acceptors (Lipinski definition) is 9. The van der Waals surface area contributed by atoms with Crippen molar-refractivity contribution in [2.75, 3.05) is 33.4 Å². The highest BCUT2D eigenvalue weighted by Gasteiger charge is 2.31. The number of rotatable bonds is 15. The molecule has 0 radical (unpaired) electrons. The van der Waals surface area contributed by atoms with Crippen LogP contribution in [0.25, 0.3) is 22.0 Å². The van der Waals surface area contributed by atoms with E-state index in [-0.39, 0.29) is 49.3 Å². The van der Waals surface area contributed by atoms with Crippen LogP contribution in [-0.4, -0.2) is 109 Å². The maximum absolute atomic E-state index is 14.6. The molecular formula is C44H45F5N4O9. The van der Waals surface area contributed by atoms with Gasteiger partial charge in [0.25, 0.3) is 5.56 Å². The van der Waals surface area contributed by atoms with Gasteiger partial charge in [0.2, 0.25) is 5.91 Å². The number of piperidine rings is 1. The first-order chi connectivity index (χ1) is 29.5. The second kappa shape index (κ2) is 21.1. The number of para-hydroxylation sites is 1. The maximum atomic E-state index is 14.6. The highest BCUT2D eigenvalue weighted by Crippen LogP contribution is 2.31. The molecule has 330 valence electrons. The number of amides is 1. The molecule has 1 aromatic heterocycles. The standard InChI is InChI=1S/C40H39F5N4O3.C4H6O6/c1-52-24-23-47-21-19-32(20-22-47)48(25-27-9-11-28(12-10-27)29-13-16-31(17-14-29)40(43,44)45)37(50)26-49-35-8-3-2-6-33(35)39(51)46-36(49)18-15-30-5-4-7-34(41)38(30)42;5-1(3(7)8)2(6)4(9)10/h2-14,16-17,32H,15,18-26H2,1H3;1-2,5-6H,(H,7,8)(H,9,10). The van der Waals surface area contributed by atoms with Crippen LogP contribution >= 0.6 is 0 Å². The van der Waals surface area contributed by atoms with Gasteiger partial charge in [0.1, 0.15) is 12.4 Å². The molecule has 1 aliphatic heterocycles. The van der Waals surface area contributed by atoms with Gasteiger partial charge in [-0.25, -0.2) is 18.4 Å². The molecule has 4 aromatic carbocycles. The van der Waals surface area contributed by atoms with Gasteiger partial charge in [-0.1, -0.05) is 60.7 Å². The minimum Gasteiger partial charge on any atom is -0.479 e. The van der Waals surface area contributed by atoms with E-state index in [9.17, 15) is 41.1 Å². The highest BCUT2D eigenvalue weighted by atomic mass is 19.4. The van der Waals surface area contributed by atoms with Crippen molar-refractivity contribution in [2.24, 2.45) is 0 Å². The van der Waals surface area contributed by atoms with Gasteiger partial charge in [-0.3, -0.25) is 9.59 Å². The van der Waals surface area contributed by atoms with Crippen molar-refractivity contribution in [1.82, 2.24) is 19.4 Å². The lowest BCUT2D eigenvalue weighted by atomic mass is 10.00. The molecule has 2 heterocycles. The van der Waals surface area contributed by atoms with Gasteiger partial charge in [0.05, 0.1) is 23.1 Å². The van der Waals surface area contributed by atoms with E-state index >= 15 is 0 Å². The molecule has 0 bridgehead atoms. The molecule has 1 fully saturated rings. The van der Waals surface area contributed by atoms with Crippen LogP contribution in [0.1, 0.15) is 35.4 Å². The summed E-state index contributed by atoms with van der Waals surface area (Å²) in [5.41, 5.74) is 1.69. The normalized spacial score (nSPS) is 14.5. The Balaban J connectivity index is 0.000000646. The largest absolute Gasteiger partial charge is 0.479 e. The van der Waals surface area contributed by atoms with Crippen LogP contribution in [0, 0.1) is 11.6 Å². The molecule has 2 atom stereocenters. The van der Waals surface area contributed by atoms with Gasteiger partial charge < -0.3 is 39.5 Å². The van der Waals surface area contributed by atoms with Crippen LogP contribution < -0.4 is 5.56 Å². The van der Waals surface area contributed by atoms with Crippen molar-refractivity contribution in [3.63, 3.8) is 0 Å². The number of aliphatic carboxylic acids is 2. The number of carboxylic acid groups (broad SMARTS) is 2. The van der Waals surface area contributed by atoms with Gasteiger partial charge in [-0.15, -0.1) is 0 Å². The van der Waals surface area contributed by atoms with Crippen molar-refractivity contribution in [3.8, 4) is 11.1 Å². The molecule has 6 rings (SSSR count). The molecule has 1 aliphatic rings. The average molecular weight is 869 g/mol. The lowest BCUT2D eigenvalue weighted by molar-refractivity contribution is -0.165. The van der Waals surface area contributed by atoms with Crippen LogP contribution in [0.4, 0.5) is 22.0 Å². The smallest absolute Gasteiger partial charge is 0.416 e. The van der Waals surface area contributed by atoms with Crippen molar-refractivity contribution < 1.29 is 61.5 Å². The summed E-state index contributed by atoms with van der Waals surface area (Å²) in [5.74, 6) is -5.37. The fourth-order valence-corrected chi connectivity index (χ4v) is 7.07. The molecule has 13 nitrogen and oxygen atoms in total. The van der Waals surface area contributed by atoms with Crippen molar-refractivity contribution in [1.29, 1.82) is 0 Å². The minimum absolute atomic E-state index is 0.0670. The van der Waals surface area contributed by atoms with E-state index in [1.807, 2.05) is 29.2 Å². The van der Waals surface area contributed by atoms with Crippen molar-refractivity contribution in [2.45, 2.75) is 63.2 Å². The number of fused-ring (bicyclic) bond motifs is 1. The van der Waals surface area contributed by atoms with Crippen LogP contribution in [0.2, 0.25) is 0 Å². The molecule has 4 N–H and O–H groups in total. The number of methoxy groups -OCH3 is 1. The number of likely N-dealkylation sites (tertiary alicyclic amines) is 1. The number of nitrogens with zero attached hydrogens (tertiary/aromatic N) is 4. The monoisotopic (exact) mass is 868 g/mol. The van der Waals surface area contributed by atoms with E-state index in [4.69, 9.17) is 25.2 Å². The first kappa shape index (κ1) is 47.0. The number of carbonyl (C=O) groups excluding carboxylic acids is 1. The Bertz CT molecular complexity index is 2370. The zero-order valence-electron chi connectivity index (χ0n) is 33.5. The summed E-state index contributed by atoms with van der Waals surface area (Å²) in [6, 6.07) is 23.1. The van der Waals surface area contributed by atoms with Crippen LogP contribution in [0.5, 0.6) is 0 Å². The molecule has 0 saturated carbocycles. The molecule has 62 heavy (non-hydrogen) atoms. The maximum Gasteiger partial charge on any atom is 0.416 e. The zero-order chi connectivity index (χ0) is 45.1. The van der Waals surface area contributed by atoms with E-state index in [2.05, 4.69) is 9.88 Å². The lowest BCUT2D eigenvalue weighted by Gasteiger charge is -2.39. The predicted octanol–water partition coefficient (Wildman–Crippen LogP) is 5.16. The Morgan fingerprint density at radius 1 is 0.839 bits per heavy atom. The van der Waals surface area contributed by atoms with Gasteiger partial charge in [-0.05, 0) is 71.8 Å². The Labute approximate surface area is 352 Å². The van der Waals surface area contributed by atoms with E-state index in [0.29, 0.717) is 23.1 Å². The summed E-state index contributed by atoms with van der Waals surface area (Å²) in [6.45, 7) is 3.09. The molecule has 0 aliphatic carbocycles. The molecule has 5 aromatic rings. The second-order valence-corrected chi connectivity index (χ2v) is 14.6. The molecular weight excluding hydrogens is 823 g/mol. The topological polar surface area (TPSA) is 183 Å². The number of aryl methyl sites for hydroxylation is 2. The zero-order valence-corrected chi connectivity index (χ0v) is 33.5. The number of carbonyl (C=O) groups is 3. The first-order valence-corrected chi connectivity index (χ1v) is 19.5. The third kappa shape index (κ3) is 12.1. The summed E-state index contributed by atoms with van der Waals surface area (Å²) >= 11 is 0. The number of aliphatic hydroxyl groups is 2. The third-order valence-electron chi connectivity index (χ3n) is 10.5. The fraction of sp³-hybridized carbons (Fsp3) is 0.341. The third-order valence-corrected chi connectivity index (χ3v) is 10.5. The minimum atomic E-state index is -4.42. The van der Waals surface area contributed by atoms with Gasteiger partial charge in [0, 0.05) is 45.8 Å². The number of carboxylic acids is 2. The van der Waals surface area contributed by atoms with Gasteiger partial charge >= 0.3 is 18.1 Å². The number of halogens is 5. The Hall–Kier alpha value is -6.08. The number of ether oxygens (including phenoxy) is 1. The predicted molar refractivity (Wildman–Crippen MR) is 216 cm³/mol. The number of alkyl halides is 3. The SMILES string of the molecule is COCCN1CCC(N(Cc2ccc(-c3ccc(C(F)(F)F)cc3)cc2)C(=O)Cn2c(CCc3cccc(F)c3F)nc(=O)c3ccccc32)CC1.O=C(O)C(O)C(O)C(=O)O. The van der Waals surface area contributed by atoms with Crippen LogP contribution in [-0.2, 0) is 51.2 Å². The Kier molecular flexibility index (Phi) is 16.0. The Morgan fingerprint density at radius 3 is 2.02 bits per heavy atom. The molecule has 0 spiro atoms. The van der Waals surface area contributed by atoms with Gasteiger partial charge in [0.15, 0.2) is 23.8 Å². The average Bonchev–Trinajstić information content (AvgIpc) is 3.26. The molecule has 2 unspecified atom stereocenters. The summed E-state index contributed by atoms with van der Waals surface area (Å²) in [4.78, 5) is 55.6. The van der Waals surface area contributed by atoms with Gasteiger partial charge in [-0.2, -0.15) is 18.2 Å². The fourth-order valence-electron chi connectivity index (χ4n) is 7.07. The highest BCUT2D eigenvalue weighted by molar-refractivity contribution is 5.83. The number of aromatic nitrogens is 2. The van der Waals surface area contributed by atoms with E-state index < -0.39 is 53.1 Å². The first-order valence-electron chi connectivity index (χ1n) is 19.5.